The minimum absolute atomic E-state index is 0.357. The van der Waals surface area contributed by atoms with Gasteiger partial charge < -0.3 is 11.1 Å². The Morgan fingerprint density at radius 3 is 2.55 bits per heavy atom. The third kappa shape index (κ3) is 2.09. The summed E-state index contributed by atoms with van der Waals surface area (Å²) in [6.07, 6.45) is 0. The standard InChI is InChI=1S/C12H11Cl2N5S/c1-5-17-10(15)9-11(18-5)20-12(16,19-9)8-6(13)3-2-4-7(8)14/h2-4,19H,16H2,1H3,(H2,15,17,18). The van der Waals surface area contributed by atoms with Crippen LogP contribution in [-0.4, -0.2) is 9.97 Å². The zero-order valence-corrected chi connectivity index (χ0v) is 12.8. The average Bonchev–Trinajstić information content (AvgIpc) is 2.66. The van der Waals surface area contributed by atoms with Crippen molar-refractivity contribution in [3.8, 4) is 0 Å². The van der Waals surface area contributed by atoms with Crippen molar-refractivity contribution >= 4 is 46.5 Å². The number of rotatable bonds is 1. The van der Waals surface area contributed by atoms with Gasteiger partial charge in [0, 0.05) is 15.6 Å². The van der Waals surface area contributed by atoms with Gasteiger partial charge in [-0.05, 0) is 19.1 Å². The molecule has 5 N–H and O–H groups in total. The van der Waals surface area contributed by atoms with Crippen LogP contribution in [0.15, 0.2) is 23.2 Å². The molecule has 5 nitrogen and oxygen atoms in total. The molecule has 0 spiro atoms. The molecule has 1 atom stereocenters. The molecular weight excluding hydrogens is 317 g/mol. The van der Waals surface area contributed by atoms with Crippen molar-refractivity contribution in [3.05, 3.63) is 39.6 Å². The highest BCUT2D eigenvalue weighted by Gasteiger charge is 2.41. The van der Waals surface area contributed by atoms with E-state index >= 15 is 0 Å². The molecule has 1 aromatic heterocycles. The van der Waals surface area contributed by atoms with Gasteiger partial charge in [-0.3, -0.25) is 5.73 Å². The van der Waals surface area contributed by atoms with Gasteiger partial charge in [0.25, 0.3) is 0 Å². The summed E-state index contributed by atoms with van der Waals surface area (Å²) in [7, 11) is 0. The first-order valence-electron chi connectivity index (χ1n) is 5.75. The number of aromatic nitrogens is 2. The molecule has 20 heavy (non-hydrogen) atoms. The Balaban J connectivity index is 2.12. The van der Waals surface area contributed by atoms with Gasteiger partial charge in [-0.25, -0.2) is 9.97 Å². The van der Waals surface area contributed by atoms with Crippen molar-refractivity contribution < 1.29 is 0 Å². The van der Waals surface area contributed by atoms with Crippen molar-refractivity contribution in [1.29, 1.82) is 0 Å². The second-order valence-electron chi connectivity index (χ2n) is 4.40. The van der Waals surface area contributed by atoms with Crippen LogP contribution in [0.25, 0.3) is 0 Å². The highest BCUT2D eigenvalue weighted by Crippen LogP contribution is 2.51. The lowest BCUT2D eigenvalue weighted by molar-refractivity contribution is 0.770. The maximum Gasteiger partial charge on any atom is 0.170 e. The maximum atomic E-state index is 6.41. The van der Waals surface area contributed by atoms with Crippen LogP contribution in [0.1, 0.15) is 11.4 Å². The van der Waals surface area contributed by atoms with Crippen LogP contribution in [-0.2, 0) is 4.99 Å². The number of hydrogen-bond donors (Lipinski definition) is 3. The minimum atomic E-state index is -1.02. The normalized spacial score (nSPS) is 20.6. The maximum absolute atomic E-state index is 6.41. The predicted molar refractivity (Wildman–Crippen MR) is 83.0 cm³/mol. The van der Waals surface area contributed by atoms with E-state index in [-0.39, 0.29) is 0 Å². The number of nitrogen functional groups attached to an aromatic ring is 1. The van der Waals surface area contributed by atoms with Crippen LogP contribution in [0.5, 0.6) is 0 Å². The van der Waals surface area contributed by atoms with Crippen molar-refractivity contribution in [2.45, 2.75) is 16.9 Å². The first-order chi connectivity index (χ1) is 9.40. The summed E-state index contributed by atoms with van der Waals surface area (Å²) >= 11 is 13.8. The second kappa shape index (κ2) is 4.66. The van der Waals surface area contributed by atoms with Gasteiger partial charge in [0.1, 0.15) is 16.5 Å². The zero-order chi connectivity index (χ0) is 14.5. The predicted octanol–water partition coefficient (Wildman–Crippen LogP) is 2.96. The van der Waals surface area contributed by atoms with Crippen molar-refractivity contribution in [2.75, 3.05) is 11.1 Å². The highest BCUT2D eigenvalue weighted by atomic mass is 35.5. The van der Waals surface area contributed by atoms with Crippen molar-refractivity contribution in [1.82, 2.24) is 9.97 Å². The number of hydrogen-bond acceptors (Lipinski definition) is 6. The van der Waals surface area contributed by atoms with Crippen LogP contribution in [0.3, 0.4) is 0 Å². The minimum Gasteiger partial charge on any atom is -0.382 e. The van der Waals surface area contributed by atoms with Gasteiger partial charge in [-0.15, -0.1) is 0 Å². The third-order valence-electron chi connectivity index (χ3n) is 2.92. The molecule has 1 aromatic carbocycles. The smallest absolute Gasteiger partial charge is 0.170 e. The van der Waals surface area contributed by atoms with Crippen LogP contribution in [0, 0.1) is 6.92 Å². The number of benzene rings is 1. The first-order valence-corrected chi connectivity index (χ1v) is 7.32. The molecule has 1 aliphatic heterocycles. The molecule has 0 amide bonds. The number of nitrogens with zero attached hydrogens (tertiary/aromatic N) is 2. The Morgan fingerprint density at radius 2 is 1.90 bits per heavy atom. The monoisotopic (exact) mass is 327 g/mol. The fourth-order valence-electron chi connectivity index (χ4n) is 2.09. The molecule has 0 aliphatic carbocycles. The fraction of sp³-hybridized carbons (Fsp3) is 0.167. The molecule has 0 saturated carbocycles. The summed E-state index contributed by atoms with van der Waals surface area (Å²) in [6.45, 7) is 1.77. The van der Waals surface area contributed by atoms with Crippen LogP contribution < -0.4 is 16.8 Å². The number of fused-ring (bicyclic) bond motifs is 1. The molecular formula is C12H11Cl2N5S. The quantitative estimate of drug-likeness (QED) is 0.697. The van der Waals surface area contributed by atoms with Gasteiger partial charge in [-0.1, -0.05) is 41.0 Å². The fourth-order valence-corrected chi connectivity index (χ4v) is 4.11. The van der Waals surface area contributed by atoms with Gasteiger partial charge in [0.2, 0.25) is 0 Å². The molecule has 0 bridgehead atoms. The van der Waals surface area contributed by atoms with E-state index in [0.29, 0.717) is 38.0 Å². The molecule has 2 aromatic rings. The zero-order valence-electron chi connectivity index (χ0n) is 10.4. The molecule has 0 saturated heterocycles. The van der Waals surface area contributed by atoms with E-state index in [2.05, 4.69) is 15.3 Å². The lowest BCUT2D eigenvalue weighted by Gasteiger charge is -2.26. The Bertz CT molecular complexity index is 688. The van der Waals surface area contributed by atoms with Crippen molar-refractivity contribution in [3.63, 3.8) is 0 Å². The number of nitrogens with two attached hydrogens (primary N) is 2. The topological polar surface area (TPSA) is 89.8 Å². The lowest BCUT2D eigenvalue weighted by Crippen LogP contribution is -2.39. The van der Waals surface area contributed by atoms with E-state index in [1.807, 2.05) is 0 Å². The summed E-state index contributed by atoms with van der Waals surface area (Å²) < 4.78 is 0. The van der Waals surface area contributed by atoms with Gasteiger partial charge >= 0.3 is 0 Å². The third-order valence-corrected chi connectivity index (χ3v) is 4.66. The second-order valence-corrected chi connectivity index (χ2v) is 6.44. The van der Waals surface area contributed by atoms with E-state index in [1.165, 1.54) is 11.8 Å². The number of anilines is 2. The van der Waals surface area contributed by atoms with Crippen LogP contribution in [0.4, 0.5) is 11.5 Å². The number of aryl methyl sites for hydroxylation is 1. The highest BCUT2D eigenvalue weighted by molar-refractivity contribution is 8.00. The Kier molecular flexibility index (Phi) is 3.21. The molecule has 1 unspecified atom stereocenters. The average molecular weight is 328 g/mol. The van der Waals surface area contributed by atoms with E-state index in [0.717, 1.165) is 0 Å². The van der Waals surface area contributed by atoms with E-state index in [4.69, 9.17) is 34.7 Å². The summed E-state index contributed by atoms with van der Waals surface area (Å²) in [5, 5.41) is 4.78. The lowest BCUT2D eigenvalue weighted by atomic mass is 10.1. The van der Waals surface area contributed by atoms with Gasteiger partial charge in [0.15, 0.2) is 10.8 Å². The summed E-state index contributed by atoms with van der Waals surface area (Å²) in [4.78, 5) is 7.44. The Labute approximate surface area is 130 Å². The molecule has 104 valence electrons. The molecule has 1 aliphatic rings. The summed E-state index contributed by atoms with van der Waals surface area (Å²) in [5.41, 5.74) is 13.5. The molecule has 0 fully saturated rings. The first kappa shape index (κ1) is 13.8. The van der Waals surface area contributed by atoms with Crippen molar-refractivity contribution in [2.24, 2.45) is 5.73 Å². The molecule has 0 radical (unpaired) electrons. The number of thioether (sulfide) groups is 1. The van der Waals surface area contributed by atoms with E-state index < -0.39 is 4.99 Å². The largest absolute Gasteiger partial charge is 0.382 e. The van der Waals surface area contributed by atoms with Crippen LogP contribution >= 0.6 is 35.0 Å². The van der Waals surface area contributed by atoms with E-state index in [9.17, 15) is 0 Å². The SMILES string of the molecule is Cc1nc(N)c2c(n1)SC(N)(c1c(Cl)cccc1Cl)N2. The summed E-state index contributed by atoms with van der Waals surface area (Å²) in [5.74, 6) is 0.945. The molecule has 8 heteroatoms. The summed E-state index contributed by atoms with van der Waals surface area (Å²) in [6, 6.07) is 5.24. The van der Waals surface area contributed by atoms with E-state index in [1.54, 1.807) is 25.1 Å². The van der Waals surface area contributed by atoms with Crippen LogP contribution in [0.2, 0.25) is 10.0 Å². The Hall–Kier alpha value is -1.21. The van der Waals surface area contributed by atoms with Gasteiger partial charge in [0.05, 0.1) is 0 Å². The molecule has 2 heterocycles. The number of nitrogens with one attached hydrogen (secondary N) is 1. The van der Waals surface area contributed by atoms with Gasteiger partial charge in [-0.2, -0.15) is 0 Å². The number of halogens is 2. The molecule has 3 rings (SSSR count). The Morgan fingerprint density at radius 1 is 1.25 bits per heavy atom.